The second kappa shape index (κ2) is 5.21. The Hall–Kier alpha value is -2.26. The van der Waals surface area contributed by atoms with E-state index in [9.17, 15) is 14.6 Å². The number of H-pyrrole nitrogens is 1. The lowest BCUT2D eigenvalue weighted by Gasteiger charge is -2.72. The van der Waals surface area contributed by atoms with Gasteiger partial charge in [-0.15, -0.1) is 0 Å². The predicted molar refractivity (Wildman–Crippen MR) is 98.3 cm³/mol. The molecule has 4 aliphatic carbocycles. The van der Waals surface area contributed by atoms with Crippen LogP contribution in [0.1, 0.15) is 37.1 Å². The Morgan fingerprint density at radius 3 is 2.86 bits per heavy atom. The van der Waals surface area contributed by atoms with Gasteiger partial charge in [-0.05, 0) is 50.4 Å². The fraction of sp³-hybridized carbons (Fsp3) is 0.632. The quantitative estimate of drug-likeness (QED) is 0.532. The smallest absolute Gasteiger partial charge is 0.225 e. The van der Waals surface area contributed by atoms with Gasteiger partial charge in [-0.3, -0.25) is 5.10 Å². The maximum Gasteiger partial charge on any atom is 0.225 e. The first-order chi connectivity index (χ1) is 13.4. The summed E-state index contributed by atoms with van der Waals surface area (Å²) in [4.78, 5) is 8.52. The molecule has 4 saturated carbocycles. The van der Waals surface area contributed by atoms with Crippen LogP contribution < -0.4 is 10.6 Å². The number of nitrogens with zero attached hydrogens (tertiary/aromatic N) is 3. The summed E-state index contributed by atoms with van der Waals surface area (Å²) in [6.45, 7) is 1.34. The van der Waals surface area contributed by atoms with Crippen molar-refractivity contribution in [3.8, 4) is 0 Å². The van der Waals surface area contributed by atoms with Gasteiger partial charge in [0.05, 0.1) is 12.2 Å². The molecule has 6 unspecified atom stereocenters. The average Bonchev–Trinajstić information content (AvgIpc) is 3.31. The number of aromatic nitrogens is 4. The van der Waals surface area contributed by atoms with Crippen molar-refractivity contribution in [2.45, 2.75) is 50.9 Å². The molecule has 5 N–H and O–H groups in total. The number of rotatable bonds is 5. The van der Waals surface area contributed by atoms with Gasteiger partial charge in [-0.25, -0.2) is 9.37 Å². The molecule has 2 bridgehead atoms. The summed E-state index contributed by atoms with van der Waals surface area (Å²) < 4.78 is 14.6. The van der Waals surface area contributed by atoms with Gasteiger partial charge >= 0.3 is 0 Å². The van der Waals surface area contributed by atoms with Crippen LogP contribution >= 0.6 is 0 Å². The fourth-order valence-corrected chi connectivity index (χ4v) is 6.82. The summed E-state index contributed by atoms with van der Waals surface area (Å²) in [5.41, 5.74) is 0.410. The van der Waals surface area contributed by atoms with Gasteiger partial charge in [0, 0.05) is 23.2 Å². The zero-order valence-corrected chi connectivity index (χ0v) is 15.5. The maximum absolute atomic E-state index is 14.6. The fourth-order valence-electron chi connectivity index (χ4n) is 6.82. The number of hydrogen-bond donors (Lipinski definition) is 5. The van der Waals surface area contributed by atoms with E-state index in [1.54, 1.807) is 6.07 Å². The lowest BCUT2D eigenvalue weighted by atomic mass is 9.35. The Morgan fingerprint density at radius 1 is 1.32 bits per heavy atom. The molecule has 0 aromatic carbocycles. The van der Waals surface area contributed by atoms with Crippen molar-refractivity contribution in [3.63, 3.8) is 0 Å². The molecule has 4 aliphatic rings. The first-order valence-corrected chi connectivity index (χ1v) is 9.89. The van der Waals surface area contributed by atoms with Gasteiger partial charge in [-0.1, -0.05) is 0 Å². The van der Waals surface area contributed by atoms with Crippen molar-refractivity contribution >= 4 is 17.6 Å². The van der Waals surface area contributed by atoms with Crippen molar-refractivity contribution < 1.29 is 14.6 Å². The van der Waals surface area contributed by atoms with Crippen molar-refractivity contribution in [3.05, 3.63) is 23.3 Å². The molecule has 8 nitrogen and oxygen atoms in total. The first kappa shape index (κ1) is 16.7. The van der Waals surface area contributed by atoms with E-state index in [4.69, 9.17) is 0 Å². The summed E-state index contributed by atoms with van der Waals surface area (Å²) in [6.07, 6.45) is 3.96. The number of fused-ring (bicyclic) bond motifs is 1. The third-order valence-electron chi connectivity index (χ3n) is 7.84. The Labute approximate surface area is 161 Å². The van der Waals surface area contributed by atoms with Crippen LogP contribution in [0.25, 0.3) is 0 Å². The number of aryl methyl sites for hydroxylation is 1. The van der Waals surface area contributed by atoms with Gasteiger partial charge in [-0.2, -0.15) is 10.1 Å². The number of anilines is 3. The highest BCUT2D eigenvalue weighted by atomic mass is 19.1. The normalized spacial score (nSPS) is 39.3. The molecule has 6 atom stereocenters. The van der Waals surface area contributed by atoms with Crippen molar-refractivity contribution in [1.29, 1.82) is 0 Å². The van der Waals surface area contributed by atoms with Gasteiger partial charge < -0.3 is 20.8 Å². The van der Waals surface area contributed by atoms with Crippen LogP contribution in [0, 0.1) is 35.9 Å². The summed E-state index contributed by atoms with van der Waals surface area (Å²) in [6, 6.07) is 1.93. The van der Waals surface area contributed by atoms with Crippen LogP contribution in [-0.4, -0.2) is 42.0 Å². The van der Waals surface area contributed by atoms with E-state index in [0.29, 0.717) is 29.5 Å². The van der Waals surface area contributed by atoms with E-state index < -0.39 is 18.0 Å². The van der Waals surface area contributed by atoms with E-state index in [1.807, 2.05) is 6.92 Å². The molecule has 0 amide bonds. The zero-order chi connectivity index (χ0) is 19.3. The van der Waals surface area contributed by atoms with Crippen LogP contribution in [0.3, 0.4) is 0 Å². The van der Waals surface area contributed by atoms with E-state index in [-0.39, 0.29) is 23.0 Å². The van der Waals surface area contributed by atoms with E-state index in [0.717, 1.165) is 31.4 Å². The summed E-state index contributed by atoms with van der Waals surface area (Å²) in [7, 11) is 0. The van der Waals surface area contributed by atoms with E-state index in [2.05, 4.69) is 30.8 Å². The minimum Gasteiger partial charge on any atom is -0.390 e. The third-order valence-corrected chi connectivity index (χ3v) is 7.84. The Morgan fingerprint density at radius 2 is 2.18 bits per heavy atom. The third kappa shape index (κ3) is 1.88. The number of aliphatic hydroxyl groups excluding tert-OH is 1. The maximum atomic E-state index is 14.6. The molecule has 4 fully saturated rings. The van der Waals surface area contributed by atoms with E-state index >= 15 is 0 Å². The molecule has 0 radical (unpaired) electrons. The lowest BCUT2D eigenvalue weighted by molar-refractivity contribution is -0.306. The molecule has 28 heavy (non-hydrogen) atoms. The highest BCUT2D eigenvalue weighted by molar-refractivity contribution is 5.55. The molecule has 9 heteroatoms. The molecule has 2 aromatic rings. The predicted octanol–water partition coefficient (Wildman–Crippen LogP) is 1.84. The Balaban J connectivity index is 1.29. The van der Waals surface area contributed by atoms with Gasteiger partial charge in [0.1, 0.15) is 5.69 Å². The number of aliphatic hydroxyl groups is 2. The molecule has 148 valence electrons. The SMILES string of the molecule is Cc1cc(Nc2nc(NC3C4CC5CC6(O)CC3C56C4)nc(CO)c2F)n[nH]1. The van der Waals surface area contributed by atoms with Crippen LogP contribution in [0.4, 0.5) is 22.0 Å². The monoisotopic (exact) mass is 386 g/mol. The highest BCUT2D eigenvalue weighted by Gasteiger charge is 2.83. The summed E-state index contributed by atoms with van der Waals surface area (Å²) in [5, 5.41) is 33.4. The second-order valence-electron chi connectivity index (χ2n) is 9.03. The summed E-state index contributed by atoms with van der Waals surface area (Å²) >= 11 is 0. The topological polar surface area (TPSA) is 119 Å². The zero-order valence-electron chi connectivity index (χ0n) is 15.5. The van der Waals surface area contributed by atoms with Gasteiger partial charge in [0.2, 0.25) is 5.95 Å². The molecule has 0 aliphatic heterocycles. The molecular weight excluding hydrogens is 363 g/mol. The van der Waals surface area contributed by atoms with Crippen LogP contribution in [0.5, 0.6) is 0 Å². The van der Waals surface area contributed by atoms with Crippen LogP contribution in [0.15, 0.2) is 6.07 Å². The van der Waals surface area contributed by atoms with Crippen molar-refractivity contribution in [2.24, 2.45) is 23.2 Å². The number of hydrogen-bond acceptors (Lipinski definition) is 7. The van der Waals surface area contributed by atoms with Crippen LogP contribution in [0.2, 0.25) is 0 Å². The van der Waals surface area contributed by atoms with Crippen molar-refractivity contribution in [1.82, 2.24) is 20.2 Å². The minimum atomic E-state index is -0.683. The molecule has 2 heterocycles. The van der Waals surface area contributed by atoms with Gasteiger partial charge in [0.15, 0.2) is 17.5 Å². The largest absolute Gasteiger partial charge is 0.390 e. The molecule has 2 aromatic heterocycles. The van der Waals surface area contributed by atoms with E-state index in [1.165, 1.54) is 0 Å². The lowest BCUT2D eigenvalue weighted by Crippen LogP contribution is -2.75. The van der Waals surface area contributed by atoms with Crippen molar-refractivity contribution in [2.75, 3.05) is 10.6 Å². The number of halogens is 1. The van der Waals surface area contributed by atoms with Crippen LogP contribution in [-0.2, 0) is 6.61 Å². The Bertz CT molecular complexity index is 981. The molecule has 1 spiro atoms. The molecule has 0 saturated heterocycles. The van der Waals surface area contributed by atoms with Gasteiger partial charge in [0.25, 0.3) is 0 Å². The summed E-state index contributed by atoms with van der Waals surface area (Å²) in [5.74, 6) is 1.63. The second-order valence-corrected chi connectivity index (χ2v) is 9.03. The number of aromatic amines is 1. The number of nitrogens with one attached hydrogen (secondary N) is 3. The average molecular weight is 386 g/mol. The molecular formula is C19H23FN6O2. The highest BCUT2D eigenvalue weighted by Crippen LogP contribution is 2.82. The molecule has 6 rings (SSSR count). The minimum absolute atomic E-state index is 0.0130. The Kier molecular flexibility index (Phi) is 3.10. The standard InChI is InChI=1S/C19H23FN6O2/c1-8-2-13(26-25-8)22-16-14(20)12(7-27)21-17(24-16)23-15-9-3-10-5-18(28)6-11(15)19(10,18)4-9/h2,9-11,15,27-28H,3-7H2,1H3,(H3,21,22,23,24,25,26). The first-order valence-electron chi connectivity index (χ1n) is 9.89.